The van der Waals surface area contributed by atoms with E-state index in [9.17, 15) is 0 Å². The molecule has 1 heterocycles. The van der Waals surface area contributed by atoms with Gasteiger partial charge in [0, 0.05) is 5.56 Å². The third-order valence-electron chi connectivity index (χ3n) is 2.93. The molecule has 21 heavy (non-hydrogen) atoms. The van der Waals surface area contributed by atoms with E-state index in [1.165, 1.54) is 0 Å². The fourth-order valence-corrected chi connectivity index (χ4v) is 1.97. The minimum Gasteiger partial charge on any atom is -0.489 e. The average Bonchev–Trinajstić information content (AvgIpc) is 3.03. The predicted octanol–water partition coefficient (Wildman–Crippen LogP) is 4.05. The lowest BCUT2D eigenvalue weighted by Gasteiger charge is -2.06. The molecule has 0 saturated heterocycles. The van der Waals surface area contributed by atoms with E-state index in [1.807, 2.05) is 54.6 Å². The molecule has 0 bridgehead atoms. The second kappa shape index (κ2) is 6.41. The van der Waals surface area contributed by atoms with Crippen LogP contribution >= 0.6 is 11.6 Å². The SMILES string of the molecule is ClCc1nnc(-c2ccc(OCc3ccccc3)cc2)o1. The first-order chi connectivity index (χ1) is 10.3. The van der Waals surface area contributed by atoms with Crippen LogP contribution in [0.4, 0.5) is 0 Å². The van der Waals surface area contributed by atoms with E-state index < -0.39 is 0 Å². The van der Waals surface area contributed by atoms with E-state index in [2.05, 4.69) is 10.2 Å². The molecule has 3 rings (SSSR count). The molecule has 1 aromatic heterocycles. The molecule has 0 N–H and O–H groups in total. The van der Waals surface area contributed by atoms with E-state index >= 15 is 0 Å². The van der Waals surface area contributed by atoms with Crippen LogP contribution < -0.4 is 4.74 Å². The van der Waals surface area contributed by atoms with Crippen molar-refractivity contribution in [1.82, 2.24) is 10.2 Å². The van der Waals surface area contributed by atoms with E-state index in [-0.39, 0.29) is 5.88 Å². The lowest BCUT2D eigenvalue weighted by atomic mass is 10.2. The Labute approximate surface area is 127 Å². The van der Waals surface area contributed by atoms with Gasteiger partial charge in [-0.05, 0) is 29.8 Å². The Bertz CT molecular complexity index is 696. The Morgan fingerprint density at radius 1 is 0.952 bits per heavy atom. The summed E-state index contributed by atoms with van der Waals surface area (Å²) >= 11 is 5.64. The second-order valence-corrected chi connectivity index (χ2v) is 4.70. The van der Waals surface area contributed by atoms with Gasteiger partial charge < -0.3 is 9.15 Å². The molecule has 0 radical (unpaired) electrons. The molecule has 0 aliphatic rings. The molecule has 0 amide bonds. The van der Waals surface area contributed by atoms with E-state index in [1.54, 1.807) is 0 Å². The number of nitrogens with zero attached hydrogens (tertiary/aromatic N) is 2. The maximum atomic E-state index is 5.72. The van der Waals surface area contributed by atoms with Crippen LogP contribution in [0.5, 0.6) is 5.75 Å². The molecule has 0 unspecified atom stereocenters. The average molecular weight is 301 g/mol. The van der Waals surface area contributed by atoms with Gasteiger partial charge in [-0.15, -0.1) is 21.8 Å². The zero-order chi connectivity index (χ0) is 14.5. The predicted molar refractivity (Wildman–Crippen MR) is 80.1 cm³/mol. The molecule has 0 atom stereocenters. The van der Waals surface area contributed by atoms with Crippen molar-refractivity contribution in [1.29, 1.82) is 0 Å². The smallest absolute Gasteiger partial charge is 0.247 e. The standard InChI is InChI=1S/C16H13ClN2O2/c17-10-15-18-19-16(21-15)13-6-8-14(9-7-13)20-11-12-4-2-1-3-5-12/h1-9H,10-11H2. The second-order valence-electron chi connectivity index (χ2n) is 4.43. The highest BCUT2D eigenvalue weighted by Crippen LogP contribution is 2.22. The number of halogens is 1. The van der Waals surface area contributed by atoms with E-state index in [0.29, 0.717) is 18.4 Å². The van der Waals surface area contributed by atoms with E-state index in [4.69, 9.17) is 20.8 Å². The highest BCUT2D eigenvalue weighted by atomic mass is 35.5. The van der Waals surface area contributed by atoms with Gasteiger partial charge in [-0.25, -0.2) is 0 Å². The number of rotatable bonds is 5. The summed E-state index contributed by atoms with van der Waals surface area (Å²) in [4.78, 5) is 0. The molecule has 0 fully saturated rings. The monoisotopic (exact) mass is 300 g/mol. The van der Waals surface area contributed by atoms with Gasteiger partial charge >= 0.3 is 0 Å². The van der Waals surface area contributed by atoms with Gasteiger partial charge in [0.05, 0.1) is 0 Å². The summed E-state index contributed by atoms with van der Waals surface area (Å²) in [6, 6.07) is 17.5. The topological polar surface area (TPSA) is 48.2 Å². The molecule has 106 valence electrons. The zero-order valence-electron chi connectivity index (χ0n) is 11.2. The van der Waals surface area contributed by atoms with Crippen LogP contribution in [0.3, 0.4) is 0 Å². The Kier molecular flexibility index (Phi) is 4.17. The number of alkyl halides is 1. The molecule has 0 saturated carbocycles. The number of ether oxygens (including phenoxy) is 1. The summed E-state index contributed by atoms with van der Waals surface area (Å²) in [7, 11) is 0. The van der Waals surface area contributed by atoms with Crippen molar-refractivity contribution in [3.63, 3.8) is 0 Å². The van der Waals surface area contributed by atoms with Gasteiger partial charge in [0.15, 0.2) is 0 Å². The molecule has 5 heteroatoms. The fraction of sp³-hybridized carbons (Fsp3) is 0.125. The van der Waals surface area contributed by atoms with Crippen LogP contribution in [-0.2, 0) is 12.5 Å². The van der Waals surface area contributed by atoms with E-state index in [0.717, 1.165) is 16.9 Å². The Morgan fingerprint density at radius 3 is 2.38 bits per heavy atom. The summed E-state index contributed by atoms with van der Waals surface area (Å²) in [5.41, 5.74) is 1.97. The minimum absolute atomic E-state index is 0.214. The van der Waals surface area contributed by atoms with Crippen molar-refractivity contribution in [3.8, 4) is 17.2 Å². The van der Waals surface area contributed by atoms with Crippen LogP contribution in [-0.4, -0.2) is 10.2 Å². The summed E-state index contributed by atoms with van der Waals surface area (Å²) in [5, 5.41) is 7.77. The Hall–Kier alpha value is -2.33. The van der Waals surface area contributed by atoms with Gasteiger partial charge in [0.2, 0.25) is 11.8 Å². The minimum atomic E-state index is 0.214. The van der Waals surface area contributed by atoms with Crippen LogP contribution in [0.2, 0.25) is 0 Å². The lowest BCUT2D eigenvalue weighted by molar-refractivity contribution is 0.306. The maximum Gasteiger partial charge on any atom is 0.247 e. The Morgan fingerprint density at radius 2 is 1.71 bits per heavy atom. The van der Waals surface area contributed by atoms with Crippen LogP contribution in [0.15, 0.2) is 59.0 Å². The van der Waals surface area contributed by atoms with Gasteiger partial charge in [0.25, 0.3) is 0 Å². The normalized spacial score (nSPS) is 10.5. The fourth-order valence-electron chi connectivity index (χ4n) is 1.86. The number of aromatic nitrogens is 2. The van der Waals surface area contributed by atoms with Crippen LogP contribution in [0.25, 0.3) is 11.5 Å². The largest absolute Gasteiger partial charge is 0.489 e. The van der Waals surface area contributed by atoms with Gasteiger partial charge in [0.1, 0.15) is 18.2 Å². The van der Waals surface area contributed by atoms with Gasteiger partial charge in [-0.1, -0.05) is 30.3 Å². The first-order valence-electron chi connectivity index (χ1n) is 6.50. The van der Waals surface area contributed by atoms with Crippen molar-refractivity contribution < 1.29 is 9.15 Å². The van der Waals surface area contributed by atoms with Crippen molar-refractivity contribution in [2.75, 3.05) is 0 Å². The van der Waals surface area contributed by atoms with Crippen molar-refractivity contribution >= 4 is 11.6 Å². The van der Waals surface area contributed by atoms with Gasteiger partial charge in [-0.3, -0.25) is 0 Å². The summed E-state index contributed by atoms with van der Waals surface area (Å²) < 4.78 is 11.1. The van der Waals surface area contributed by atoms with Crippen molar-refractivity contribution in [2.24, 2.45) is 0 Å². The third-order valence-corrected chi connectivity index (χ3v) is 3.16. The first-order valence-corrected chi connectivity index (χ1v) is 7.04. The number of hydrogen-bond acceptors (Lipinski definition) is 4. The molecule has 4 nitrogen and oxygen atoms in total. The molecular weight excluding hydrogens is 288 g/mol. The molecule has 3 aromatic rings. The van der Waals surface area contributed by atoms with Crippen LogP contribution in [0, 0.1) is 0 Å². The summed E-state index contributed by atoms with van der Waals surface area (Å²) in [6.07, 6.45) is 0. The molecular formula is C16H13ClN2O2. The first kappa shape index (κ1) is 13.6. The summed E-state index contributed by atoms with van der Waals surface area (Å²) in [5.74, 6) is 1.88. The maximum absolute atomic E-state index is 5.72. The lowest BCUT2D eigenvalue weighted by Crippen LogP contribution is -1.94. The van der Waals surface area contributed by atoms with Gasteiger partial charge in [-0.2, -0.15) is 0 Å². The molecule has 2 aromatic carbocycles. The summed E-state index contributed by atoms with van der Waals surface area (Å²) in [6.45, 7) is 0.539. The Balaban J connectivity index is 1.66. The third kappa shape index (κ3) is 3.41. The van der Waals surface area contributed by atoms with Crippen molar-refractivity contribution in [2.45, 2.75) is 12.5 Å². The van der Waals surface area contributed by atoms with Crippen molar-refractivity contribution in [3.05, 3.63) is 66.1 Å². The number of hydrogen-bond donors (Lipinski definition) is 0. The number of benzene rings is 2. The molecule has 0 aliphatic carbocycles. The molecule has 0 aliphatic heterocycles. The highest BCUT2D eigenvalue weighted by Gasteiger charge is 2.07. The zero-order valence-corrected chi connectivity index (χ0v) is 12.0. The highest BCUT2D eigenvalue weighted by molar-refractivity contribution is 6.16. The molecule has 0 spiro atoms. The van der Waals surface area contributed by atoms with Crippen LogP contribution in [0.1, 0.15) is 11.5 Å². The quantitative estimate of drug-likeness (QED) is 0.667.